The summed E-state index contributed by atoms with van der Waals surface area (Å²) in [7, 11) is 0. The summed E-state index contributed by atoms with van der Waals surface area (Å²) in [4.78, 5) is 0. The van der Waals surface area contributed by atoms with E-state index in [1.165, 1.54) is 19.3 Å². The third kappa shape index (κ3) is 2.05. The maximum Gasteiger partial charge on any atom is 0.0804 e. The Kier molecular flexibility index (Phi) is 3.52. The third-order valence-corrected chi connectivity index (χ3v) is 9.25. The van der Waals surface area contributed by atoms with Crippen molar-refractivity contribution in [3.63, 3.8) is 0 Å². The van der Waals surface area contributed by atoms with Crippen LogP contribution in [0.25, 0.3) is 0 Å². The summed E-state index contributed by atoms with van der Waals surface area (Å²) in [6, 6.07) is 0. The average Bonchev–Trinajstić information content (AvgIpc) is 2.71. The Morgan fingerprint density at radius 1 is 0.826 bits per heavy atom. The molecule has 0 aromatic carbocycles. The van der Waals surface area contributed by atoms with Crippen LogP contribution in [0.4, 0.5) is 0 Å². The highest BCUT2D eigenvalue weighted by molar-refractivity contribution is 5.13. The van der Waals surface area contributed by atoms with E-state index in [0.717, 1.165) is 32.1 Å². The maximum absolute atomic E-state index is 10.9. The largest absolute Gasteiger partial charge is 0.390 e. The van der Waals surface area contributed by atoms with Crippen molar-refractivity contribution >= 4 is 0 Å². The summed E-state index contributed by atoms with van der Waals surface area (Å²) >= 11 is 0. The predicted octanol–water partition coefficient (Wildman–Crippen LogP) is 3.11. The molecule has 4 saturated carbocycles. The zero-order valence-electron chi connectivity index (χ0n) is 15.0. The highest BCUT2D eigenvalue weighted by atomic mass is 16.3. The Morgan fingerprint density at radius 2 is 1.52 bits per heavy atom. The van der Waals surface area contributed by atoms with Crippen molar-refractivity contribution in [3.05, 3.63) is 0 Å². The monoisotopic (exact) mass is 322 g/mol. The van der Waals surface area contributed by atoms with E-state index in [2.05, 4.69) is 20.8 Å². The quantitative estimate of drug-likeness (QED) is 0.642. The second-order valence-corrected chi connectivity index (χ2v) is 10.0. The van der Waals surface area contributed by atoms with E-state index in [9.17, 15) is 15.3 Å². The van der Waals surface area contributed by atoms with Crippen molar-refractivity contribution in [2.75, 3.05) is 0 Å². The Labute approximate surface area is 140 Å². The average molecular weight is 322 g/mol. The lowest BCUT2D eigenvalue weighted by Gasteiger charge is -2.62. The van der Waals surface area contributed by atoms with Crippen LogP contribution in [0.3, 0.4) is 0 Å². The van der Waals surface area contributed by atoms with Gasteiger partial charge in [0.15, 0.2) is 0 Å². The number of aliphatic hydroxyl groups excluding tert-OH is 2. The molecule has 0 saturated heterocycles. The van der Waals surface area contributed by atoms with Crippen LogP contribution < -0.4 is 0 Å². The van der Waals surface area contributed by atoms with E-state index >= 15 is 0 Å². The molecule has 23 heavy (non-hydrogen) atoms. The van der Waals surface area contributed by atoms with Gasteiger partial charge in [-0.2, -0.15) is 0 Å². The summed E-state index contributed by atoms with van der Waals surface area (Å²) < 4.78 is 0. The molecule has 0 heterocycles. The molecule has 9 atom stereocenters. The highest BCUT2D eigenvalue weighted by Crippen LogP contribution is 2.68. The molecular weight excluding hydrogens is 288 g/mol. The smallest absolute Gasteiger partial charge is 0.0804 e. The third-order valence-electron chi connectivity index (χ3n) is 9.25. The van der Waals surface area contributed by atoms with Gasteiger partial charge < -0.3 is 15.3 Å². The molecule has 4 aliphatic carbocycles. The zero-order valence-corrected chi connectivity index (χ0v) is 15.0. The van der Waals surface area contributed by atoms with Gasteiger partial charge in [-0.25, -0.2) is 0 Å². The Balaban J connectivity index is 1.64. The molecule has 0 amide bonds. The topological polar surface area (TPSA) is 60.7 Å². The lowest BCUT2D eigenvalue weighted by atomic mass is 9.44. The number of fused-ring (bicyclic) bond motifs is 5. The summed E-state index contributed by atoms with van der Waals surface area (Å²) in [5.41, 5.74) is -0.260. The van der Waals surface area contributed by atoms with Crippen LogP contribution in [0.2, 0.25) is 0 Å². The molecule has 3 heteroatoms. The molecule has 3 nitrogen and oxygen atoms in total. The Bertz CT molecular complexity index is 489. The standard InChI is InChI=1S/C20H34O3/c1-18-11-17(22)16(21)10-12(18)4-5-13-14(18)6-8-19(2)15(13)7-9-20(19,3)23/h12-17,21-23H,4-11H2,1-3H3/t12-,13+,14-,15-,16-,17+,18-,19-,20-/m0/s1. The maximum atomic E-state index is 10.9. The zero-order chi connectivity index (χ0) is 16.6. The van der Waals surface area contributed by atoms with Gasteiger partial charge in [0.1, 0.15) is 0 Å². The van der Waals surface area contributed by atoms with Gasteiger partial charge >= 0.3 is 0 Å². The first-order valence-corrected chi connectivity index (χ1v) is 9.77. The molecule has 0 radical (unpaired) electrons. The summed E-state index contributed by atoms with van der Waals surface area (Å²) in [5.74, 6) is 2.56. The summed E-state index contributed by atoms with van der Waals surface area (Å²) in [5, 5.41) is 31.3. The van der Waals surface area contributed by atoms with Crippen LogP contribution >= 0.6 is 0 Å². The first-order chi connectivity index (χ1) is 10.7. The number of aliphatic hydroxyl groups is 3. The van der Waals surface area contributed by atoms with Gasteiger partial charge in [-0.05, 0) is 92.8 Å². The fraction of sp³-hybridized carbons (Fsp3) is 1.00. The van der Waals surface area contributed by atoms with E-state index < -0.39 is 17.8 Å². The summed E-state index contributed by atoms with van der Waals surface area (Å²) in [6.45, 7) is 6.77. The number of rotatable bonds is 0. The molecule has 0 aromatic rings. The second-order valence-electron chi connectivity index (χ2n) is 10.0. The van der Waals surface area contributed by atoms with Crippen molar-refractivity contribution in [1.82, 2.24) is 0 Å². The Morgan fingerprint density at radius 3 is 2.26 bits per heavy atom. The molecule has 0 unspecified atom stereocenters. The minimum Gasteiger partial charge on any atom is -0.390 e. The normalized spacial score (nSPS) is 62.3. The van der Waals surface area contributed by atoms with Gasteiger partial charge in [-0.15, -0.1) is 0 Å². The fourth-order valence-electron chi connectivity index (χ4n) is 7.52. The minimum absolute atomic E-state index is 0.0736. The molecule has 4 fully saturated rings. The number of hydrogen-bond donors (Lipinski definition) is 3. The lowest BCUT2D eigenvalue weighted by Crippen LogP contribution is -2.58. The molecule has 0 aromatic heterocycles. The van der Waals surface area contributed by atoms with Crippen molar-refractivity contribution in [2.45, 2.75) is 89.9 Å². The van der Waals surface area contributed by atoms with E-state index in [4.69, 9.17) is 0 Å². The van der Waals surface area contributed by atoms with Gasteiger partial charge in [-0.3, -0.25) is 0 Å². The van der Waals surface area contributed by atoms with Crippen LogP contribution in [-0.4, -0.2) is 33.1 Å². The van der Waals surface area contributed by atoms with E-state index in [1.807, 2.05) is 0 Å². The molecule has 132 valence electrons. The molecule has 0 aliphatic heterocycles. The van der Waals surface area contributed by atoms with Crippen molar-refractivity contribution < 1.29 is 15.3 Å². The van der Waals surface area contributed by atoms with Crippen LogP contribution in [-0.2, 0) is 0 Å². The molecule has 0 bridgehead atoms. The highest BCUT2D eigenvalue weighted by Gasteiger charge is 2.63. The molecule has 4 rings (SSSR count). The number of hydrogen-bond acceptors (Lipinski definition) is 3. The van der Waals surface area contributed by atoms with Gasteiger partial charge in [0.2, 0.25) is 0 Å². The van der Waals surface area contributed by atoms with Crippen LogP contribution in [0, 0.1) is 34.5 Å². The first kappa shape index (κ1) is 16.4. The van der Waals surface area contributed by atoms with Crippen LogP contribution in [0.15, 0.2) is 0 Å². The Hall–Kier alpha value is -0.120. The minimum atomic E-state index is -0.546. The molecule has 3 N–H and O–H groups in total. The van der Waals surface area contributed by atoms with Gasteiger partial charge in [0.05, 0.1) is 17.8 Å². The van der Waals surface area contributed by atoms with Crippen molar-refractivity contribution in [1.29, 1.82) is 0 Å². The van der Waals surface area contributed by atoms with E-state index in [-0.39, 0.29) is 10.8 Å². The van der Waals surface area contributed by atoms with Gasteiger partial charge in [0.25, 0.3) is 0 Å². The van der Waals surface area contributed by atoms with E-state index in [0.29, 0.717) is 23.7 Å². The fourth-order valence-corrected chi connectivity index (χ4v) is 7.52. The lowest BCUT2D eigenvalue weighted by molar-refractivity contribution is -0.173. The molecule has 0 spiro atoms. The first-order valence-electron chi connectivity index (χ1n) is 9.77. The van der Waals surface area contributed by atoms with Gasteiger partial charge in [-0.1, -0.05) is 13.8 Å². The summed E-state index contributed by atoms with van der Waals surface area (Å²) in [6.07, 6.45) is 7.33. The van der Waals surface area contributed by atoms with Crippen molar-refractivity contribution in [2.24, 2.45) is 34.5 Å². The van der Waals surface area contributed by atoms with Gasteiger partial charge in [0, 0.05) is 0 Å². The van der Waals surface area contributed by atoms with Crippen molar-refractivity contribution in [3.8, 4) is 0 Å². The second kappa shape index (κ2) is 4.95. The predicted molar refractivity (Wildman–Crippen MR) is 89.7 cm³/mol. The SMILES string of the molecule is C[C@]12C[C@@H](O)[C@@H](O)C[C@@H]1CC[C@@H]1[C@@H]2CC[C@@]2(C)[C@H]1CC[C@]2(C)O. The van der Waals surface area contributed by atoms with Crippen LogP contribution in [0.1, 0.15) is 72.1 Å². The molecular formula is C20H34O3. The van der Waals surface area contributed by atoms with E-state index in [1.54, 1.807) is 0 Å². The van der Waals surface area contributed by atoms with Crippen LogP contribution in [0.5, 0.6) is 0 Å². The molecule has 4 aliphatic rings.